The maximum atomic E-state index is 13.2. The van der Waals surface area contributed by atoms with Gasteiger partial charge in [-0.05, 0) is 47.5 Å². The number of thioether (sulfide) groups is 1. The lowest BCUT2D eigenvalue weighted by Crippen LogP contribution is -1.96. The van der Waals surface area contributed by atoms with Gasteiger partial charge in [0.25, 0.3) is 0 Å². The van der Waals surface area contributed by atoms with E-state index >= 15 is 0 Å². The third kappa shape index (κ3) is 3.34. The highest BCUT2D eigenvalue weighted by Crippen LogP contribution is 2.34. The average molecular weight is 314 g/mol. The van der Waals surface area contributed by atoms with E-state index in [2.05, 4.69) is 0 Å². The maximum absolute atomic E-state index is 13.2. The first-order valence-corrected chi connectivity index (χ1v) is 7.71. The fraction of sp³-hybridized carbons (Fsp3) is 0.0556. The number of halogens is 2. The van der Waals surface area contributed by atoms with Crippen LogP contribution in [0.3, 0.4) is 0 Å². The predicted molar refractivity (Wildman–Crippen MR) is 86.2 cm³/mol. The third-order valence-electron chi connectivity index (χ3n) is 3.23. The van der Waals surface area contributed by atoms with Gasteiger partial charge in [-0.3, -0.25) is 4.79 Å². The van der Waals surface area contributed by atoms with E-state index < -0.39 is 0 Å². The molecule has 0 unspecified atom stereocenters. The second-order valence-electron chi connectivity index (χ2n) is 4.91. The van der Waals surface area contributed by atoms with Crippen LogP contribution in [-0.4, -0.2) is 11.5 Å². The Bertz CT molecular complexity index is 728. The Morgan fingerprint density at radius 2 is 1.50 bits per heavy atom. The van der Waals surface area contributed by atoms with Gasteiger partial charge >= 0.3 is 0 Å². The fourth-order valence-corrected chi connectivity index (χ4v) is 3.21. The minimum absolute atomic E-state index is 0.0847. The zero-order valence-electron chi connectivity index (χ0n) is 11.6. The molecular weight excluding hydrogens is 302 g/mol. The van der Waals surface area contributed by atoms with Crippen molar-refractivity contribution in [2.45, 2.75) is 0 Å². The molecule has 0 bridgehead atoms. The molecule has 22 heavy (non-hydrogen) atoms. The lowest BCUT2D eigenvalue weighted by Gasteiger charge is -1.97. The number of benzene rings is 2. The molecule has 1 heterocycles. The van der Waals surface area contributed by atoms with Gasteiger partial charge in [0.15, 0.2) is 5.78 Å². The van der Waals surface area contributed by atoms with Crippen molar-refractivity contribution in [1.82, 2.24) is 0 Å². The van der Waals surface area contributed by atoms with Crippen LogP contribution in [0.25, 0.3) is 12.2 Å². The van der Waals surface area contributed by atoms with Crippen molar-refractivity contribution in [3.05, 3.63) is 81.8 Å². The minimum Gasteiger partial charge on any atom is -0.288 e. The molecule has 2 aromatic rings. The van der Waals surface area contributed by atoms with E-state index in [4.69, 9.17) is 0 Å². The second-order valence-corrected chi connectivity index (χ2v) is 5.92. The molecule has 0 aromatic heterocycles. The highest BCUT2D eigenvalue weighted by atomic mass is 32.2. The van der Waals surface area contributed by atoms with Gasteiger partial charge in [0, 0.05) is 11.3 Å². The van der Waals surface area contributed by atoms with Crippen LogP contribution < -0.4 is 0 Å². The summed E-state index contributed by atoms with van der Waals surface area (Å²) in [5.74, 6) is -0.210. The van der Waals surface area contributed by atoms with Crippen LogP contribution >= 0.6 is 11.8 Å². The van der Waals surface area contributed by atoms with Crippen LogP contribution in [0.5, 0.6) is 0 Å². The summed E-state index contributed by atoms with van der Waals surface area (Å²) in [6.45, 7) is 0. The molecule has 1 nitrogen and oxygen atoms in total. The van der Waals surface area contributed by atoms with Crippen molar-refractivity contribution in [1.29, 1.82) is 0 Å². The van der Waals surface area contributed by atoms with E-state index in [1.807, 2.05) is 0 Å². The largest absolute Gasteiger partial charge is 0.288 e. The quantitative estimate of drug-likeness (QED) is 0.747. The van der Waals surface area contributed by atoms with Gasteiger partial charge in [-0.2, -0.15) is 0 Å². The summed E-state index contributed by atoms with van der Waals surface area (Å²) in [6.07, 6.45) is 3.38. The van der Waals surface area contributed by atoms with Crippen LogP contribution in [0.2, 0.25) is 0 Å². The summed E-state index contributed by atoms with van der Waals surface area (Å²) in [6, 6.07) is 12.2. The molecule has 4 heteroatoms. The Hall–Kier alpha value is -2.20. The summed E-state index contributed by atoms with van der Waals surface area (Å²) in [5.41, 5.74) is 1.94. The Kier molecular flexibility index (Phi) is 4.20. The SMILES string of the molecule is O=C1C(=Cc2cccc(F)c2)CSC1=Cc1cccc(F)c1. The summed E-state index contributed by atoms with van der Waals surface area (Å²) < 4.78 is 26.3. The molecule has 0 N–H and O–H groups in total. The molecule has 0 amide bonds. The number of Topliss-reactive ketones (excluding diaryl/α,β-unsaturated/α-hetero) is 1. The molecule has 1 saturated heterocycles. The lowest BCUT2D eigenvalue weighted by atomic mass is 10.1. The van der Waals surface area contributed by atoms with Gasteiger partial charge in [-0.1, -0.05) is 24.3 Å². The summed E-state index contributed by atoms with van der Waals surface area (Å²) in [5, 5.41) is 0. The van der Waals surface area contributed by atoms with Crippen molar-refractivity contribution in [2.75, 3.05) is 5.75 Å². The number of hydrogen-bond acceptors (Lipinski definition) is 2. The molecular formula is C18H12F2OS. The maximum Gasteiger partial charge on any atom is 0.196 e. The van der Waals surface area contributed by atoms with E-state index in [0.29, 0.717) is 27.4 Å². The first-order valence-electron chi connectivity index (χ1n) is 6.73. The second kappa shape index (κ2) is 6.28. The van der Waals surface area contributed by atoms with Gasteiger partial charge in [0.1, 0.15) is 11.6 Å². The van der Waals surface area contributed by atoms with Gasteiger partial charge in [0.2, 0.25) is 0 Å². The van der Waals surface area contributed by atoms with Crippen LogP contribution in [-0.2, 0) is 4.79 Å². The van der Waals surface area contributed by atoms with E-state index in [1.54, 1.807) is 36.4 Å². The molecule has 0 radical (unpaired) electrons. The van der Waals surface area contributed by atoms with Gasteiger partial charge in [-0.15, -0.1) is 11.8 Å². The van der Waals surface area contributed by atoms with Crippen LogP contribution in [0.15, 0.2) is 59.0 Å². The predicted octanol–water partition coefficient (Wildman–Crippen LogP) is 4.71. The fourth-order valence-electron chi connectivity index (χ4n) is 2.20. The topological polar surface area (TPSA) is 17.1 Å². The van der Waals surface area contributed by atoms with Crippen LogP contribution in [0.4, 0.5) is 8.78 Å². The molecule has 0 spiro atoms. The van der Waals surface area contributed by atoms with Gasteiger partial charge < -0.3 is 0 Å². The number of carbonyl (C=O) groups excluding carboxylic acids is 1. The molecule has 1 aliphatic rings. The van der Waals surface area contributed by atoms with E-state index in [0.717, 1.165) is 0 Å². The molecule has 110 valence electrons. The Morgan fingerprint density at radius 3 is 2.09 bits per heavy atom. The van der Waals surface area contributed by atoms with Crippen molar-refractivity contribution >= 4 is 29.7 Å². The smallest absolute Gasteiger partial charge is 0.196 e. The third-order valence-corrected chi connectivity index (χ3v) is 4.30. The number of hydrogen-bond donors (Lipinski definition) is 0. The number of ketones is 1. The van der Waals surface area contributed by atoms with Crippen molar-refractivity contribution in [3.63, 3.8) is 0 Å². The van der Waals surface area contributed by atoms with E-state index in [9.17, 15) is 13.6 Å². The summed E-state index contributed by atoms with van der Waals surface area (Å²) in [7, 11) is 0. The molecule has 2 aromatic carbocycles. The Balaban J connectivity index is 1.86. The lowest BCUT2D eigenvalue weighted by molar-refractivity contribution is -0.111. The highest BCUT2D eigenvalue weighted by molar-refractivity contribution is 8.05. The zero-order valence-corrected chi connectivity index (χ0v) is 12.4. The van der Waals surface area contributed by atoms with Crippen LogP contribution in [0, 0.1) is 11.6 Å². The zero-order chi connectivity index (χ0) is 15.5. The molecule has 1 fully saturated rings. The van der Waals surface area contributed by atoms with Gasteiger partial charge in [0.05, 0.1) is 4.91 Å². The van der Waals surface area contributed by atoms with E-state index in [-0.39, 0.29) is 17.4 Å². The monoisotopic (exact) mass is 314 g/mol. The molecule has 3 rings (SSSR count). The van der Waals surface area contributed by atoms with Gasteiger partial charge in [-0.25, -0.2) is 8.78 Å². The average Bonchev–Trinajstić information content (AvgIpc) is 2.80. The summed E-state index contributed by atoms with van der Waals surface area (Å²) >= 11 is 1.41. The van der Waals surface area contributed by atoms with Crippen molar-refractivity contribution in [2.24, 2.45) is 0 Å². The molecule has 1 aliphatic heterocycles. The minimum atomic E-state index is -0.333. The number of rotatable bonds is 2. The van der Waals surface area contributed by atoms with Crippen molar-refractivity contribution in [3.8, 4) is 0 Å². The highest BCUT2D eigenvalue weighted by Gasteiger charge is 2.23. The normalized spacial score (nSPS) is 18.4. The molecule has 0 atom stereocenters. The molecule has 0 aliphatic carbocycles. The standard InChI is InChI=1S/C18H12F2OS/c19-15-5-1-3-12(8-15)7-14-11-22-17(18(14)21)10-13-4-2-6-16(20)9-13/h1-10H,11H2. The van der Waals surface area contributed by atoms with E-state index in [1.165, 1.54) is 36.0 Å². The number of allylic oxidation sites excluding steroid dienone is 1. The van der Waals surface area contributed by atoms with Crippen LogP contribution in [0.1, 0.15) is 11.1 Å². The summed E-state index contributed by atoms with van der Waals surface area (Å²) in [4.78, 5) is 12.9. The first kappa shape index (κ1) is 14.7. The Morgan fingerprint density at radius 1 is 0.909 bits per heavy atom. The Labute approximate surface area is 131 Å². The van der Waals surface area contributed by atoms with Crippen molar-refractivity contribution < 1.29 is 13.6 Å². The first-order chi connectivity index (χ1) is 10.6. The molecule has 0 saturated carbocycles. The number of carbonyl (C=O) groups is 1.